The lowest BCUT2D eigenvalue weighted by molar-refractivity contribution is -0.118. The molecule has 0 aliphatic heterocycles. The Morgan fingerprint density at radius 2 is 1.91 bits per heavy atom. The molecule has 0 radical (unpaired) electrons. The van der Waals surface area contributed by atoms with Crippen molar-refractivity contribution < 1.29 is 13.9 Å². The number of furan rings is 1. The van der Waals surface area contributed by atoms with Crippen molar-refractivity contribution in [2.45, 2.75) is 18.2 Å². The van der Waals surface area contributed by atoms with Crippen LogP contribution in [0.4, 0.5) is 0 Å². The van der Waals surface area contributed by atoms with Gasteiger partial charge < -0.3 is 14.5 Å². The molecular weight excluding hydrogens is 448 g/mol. The van der Waals surface area contributed by atoms with Crippen LogP contribution in [0.3, 0.4) is 0 Å². The first kappa shape index (κ1) is 22.0. The number of carbonyl (C=O) groups excluding carboxylic acids is 1. The molecule has 1 amide bonds. The van der Waals surface area contributed by atoms with Crippen LogP contribution in [0.5, 0.6) is 5.75 Å². The van der Waals surface area contributed by atoms with Gasteiger partial charge >= 0.3 is 0 Å². The Hall–Kier alpha value is -3.23. The van der Waals surface area contributed by atoms with Gasteiger partial charge in [0, 0.05) is 17.1 Å². The number of methoxy groups -OCH3 is 1. The number of halogens is 1. The molecule has 0 spiro atoms. The van der Waals surface area contributed by atoms with E-state index in [2.05, 4.69) is 15.5 Å². The summed E-state index contributed by atoms with van der Waals surface area (Å²) in [4.78, 5) is 12.4. The first-order valence-corrected chi connectivity index (χ1v) is 11.2. The van der Waals surface area contributed by atoms with Gasteiger partial charge in [0.1, 0.15) is 11.5 Å². The second-order valence-corrected chi connectivity index (χ2v) is 8.27. The fraction of sp³-hybridized carbons (Fsp3) is 0.174. The van der Waals surface area contributed by atoms with Gasteiger partial charge in [0.05, 0.1) is 25.7 Å². The van der Waals surface area contributed by atoms with Gasteiger partial charge in [-0.3, -0.25) is 9.36 Å². The first-order chi connectivity index (χ1) is 15.6. The van der Waals surface area contributed by atoms with E-state index >= 15 is 0 Å². The van der Waals surface area contributed by atoms with Crippen molar-refractivity contribution in [3.05, 3.63) is 83.3 Å². The van der Waals surface area contributed by atoms with E-state index in [1.165, 1.54) is 11.8 Å². The lowest BCUT2D eigenvalue weighted by Crippen LogP contribution is -2.24. The van der Waals surface area contributed by atoms with Crippen LogP contribution in [0.1, 0.15) is 11.3 Å². The molecule has 1 N–H and O–H groups in total. The van der Waals surface area contributed by atoms with Crippen LogP contribution in [0.15, 0.2) is 76.5 Å². The molecular formula is C23H21ClN4O3S. The lowest BCUT2D eigenvalue weighted by atomic mass is 10.2. The topological polar surface area (TPSA) is 82.2 Å². The maximum Gasteiger partial charge on any atom is 0.230 e. The molecule has 2 aromatic carbocycles. The van der Waals surface area contributed by atoms with Gasteiger partial charge in [-0.05, 0) is 54.1 Å². The van der Waals surface area contributed by atoms with Gasteiger partial charge in [0.2, 0.25) is 5.91 Å². The molecule has 0 unspecified atom stereocenters. The third kappa shape index (κ3) is 5.52. The number of amides is 1. The molecule has 0 atom stereocenters. The number of ether oxygens (including phenoxy) is 1. The second kappa shape index (κ2) is 10.4. The number of thioether (sulfide) groups is 1. The highest BCUT2D eigenvalue weighted by Gasteiger charge is 2.17. The molecule has 4 aromatic rings. The van der Waals surface area contributed by atoms with Crippen molar-refractivity contribution in [1.29, 1.82) is 0 Å². The van der Waals surface area contributed by atoms with Crippen LogP contribution in [-0.4, -0.2) is 33.5 Å². The normalized spacial score (nSPS) is 10.8. The molecule has 0 bridgehead atoms. The highest BCUT2D eigenvalue weighted by Crippen LogP contribution is 2.26. The molecule has 32 heavy (non-hydrogen) atoms. The van der Waals surface area contributed by atoms with Crippen molar-refractivity contribution in [2.75, 3.05) is 12.9 Å². The third-order valence-electron chi connectivity index (χ3n) is 4.69. The number of benzene rings is 2. The summed E-state index contributed by atoms with van der Waals surface area (Å²) in [6.07, 6.45) is 1.63. The maximum atomic E-state index is 12.4. The van der Waals surface area contributed by atoms with Crippen LogP contribution in [0, 0.1) is 0 Å². The van der Waals surface area contributed by atoms with Gasteiger partial charge in [-0.1, -0.05) is 35.5 Å². The van der Waals surface area contributed by atoms with Gasteiger partial charge in [-0.2, -0.15) is 0 Å². The molecule has 0 saturated carbocycles. The standard InChI is InChI=1S/C23H21ClN4O3S/c1-30-19-10-4-16(5-11-19)13-25-21(29)15-32-23-27-26-22(17-6-8-18(24)9-7-17)28(23)14-20-3-2-12-31-20/h2-12H,13-15H2,1H3,(H,25,29). The molecule has 2 heterocycles. The van der Waals surface area contributed by atoms with Gasteiger partial charge in [-0.15, -0.1) is 10.2 Å². The predicted octanol–water partition coefficient (Wildman–Crippen LogP) is 4.66. The average Bonchev–Trinajstić information content (AvgIpc) is 3.48. The largest absolute Gasteiger partial charge is 0.497 e. The fourth-order valence-corrected chi connectivity index (χ4v) is 3.93. The fourth-order valence-electron chi connectivity index (χ4n) is 3.03. The van der Waals surface area contributed by atoms with Crippen molar-refractivity contribution >= 4 is 29.3 Å². The van der Waals surface area contributed by atoms with E-state index < -0.39 is 0 Å². The summed E-state index contributed by atoms with van der Waals surface area (Å²) in [5, 5.41) is 12.9. The quantitative estimate of drug-likeness (QED) is 0.360. The second-order valence-electron chi connectivity index (χ2n) is 6.89. The number of nitrogens with zero attached hydrogens (tertiary/aromatic N) is 3. The number of hydrogen-bond acceptors (Lipinski definition) is 6. The van der Waals surface area contributed by atoms with Gasteiger partial charge in [0.25, 0.3) is 0 Å². The van der Waals surface area contributed by atoms with E-state index in [0.29, 0.717) is 29.1 Å². The van der Waals surface area contributed by atoms with Crippen LogP contribution in [0.25, 0.3) is 11.4 Å². The van der Waals surface area contributed by atoms with E-state index in [-0.39, 0.29) is 11.7 Å². The monoisotopic (exact) mass is 468 g/mol. The average molecular weight is 469 g/mol. The summed E-state index contributed by atoms with van der Waals surface area (Å²) < 4.78 is 12.6. The predicted molar refractivity (Wildman–Crippen MR) is 124 cm³/mol. The number of rotatable bonds is 9. The Labute approximate surface area is 194 Å². The van der Waals surface area contributed by atoms with E-state index in [1.54, 1.807) is 13.4 Å². The summed E-state index contributed by atoms with van der Waals surface area (Å²) in [6, 6.07) is 18.7. The summed E-state index contributed by atoms with van der Waals surface area (Å²) in [7, 11) is 1.62. The smallest absolute Gasteiger partial charge is 0.230 e. The number of hydrogen-bond donors (Lipinski definition) is 1. The van der Waals surface area contributed by atoms with Crippen LogP contribution >= 0.6 is 23.4 Å². The third-order valence-corrected chi connectivity index (χ3v) is 5.91. The van der Waals surface area contributed by atoms with E-state index in [1.807, 2.05) is 65.2 Å². The van der Waals surface area contributed by atoms with E-state index in [0.717, 1.165) is 22.6 Å². The van der Waals surface area contributed by atoms with Crippen molar-refractivity contribution in [2.24, 2.45) is 0 Å². The Balaban J connectivity index is 1.43. The summed E-state index contributed by atoms with van der Waals surface area (Å²) in [5.41, 5.74) is 1.87. The Morgan fingerprint density at radius 3 is 2.59 bits per heavy atom. The molecule has 0 fully saturated rings. The van der Waals surface area contributed by atoms with Crippen LogP contribution in [-0.2, 0) is 17.9 Å². The minimum absolute atomic E-state index is 0.0913. The van der Waals surface area contributed by atoms with E-state index in [9.17, 15) is 4.79 Å². The summed E-state index contributed by atoms with van der Waals surface area (Å²) >= 11 is 7.35. The minimum Gasteiger partial charge on any atom is -0.497 e. The lowest BCUT2D eigenvalue weighted by Gasteiger charge is -2.09. The molecule has 164 valence electrons. The molecule has 7 nitrogen and oxygen atoms in total. The zero-order valence-corrected chi connectivity index (χ0v) is 18.9. The molecule has 4 rings (SSSR count). The molecule has 2 aromatic heterocycles. The summed E-state index contributed by atoms with van der Waals surface area (Å²) in [6.45, 7) is 0.895. The van der Waals surface area contributed by atoms with E-state index in [4.69, 9.17) is 20.8 Å². The number of carbonyl (C=O) groups is 1. The van der Waals surface area contributed by atoms with Crippen molar-refractivity contribution in [3.8, 4) is 17.1 Å². The molecule has 0 aliphatic rings. The van der Waals surface area contributed by atoms with Gasteiger partial charge in [0.15, 0.2) is 11.0 Å². The van der Waals surface area contributed by atoms with Crippen LogP contribution in [0.2, 0.25) is 5.02 Å². The molecule has 0 saturated heterocycles. The highest BCUT2D eigenvalue weighted by molar-refractivity contribution is 7.99. The minimum atomic E-state index is -0.0913. The van der Waals surface area contributed by atoms with Crippen molar-refractivity contribution in [1.82, 2.24) is 20.1 Å². The van der Waals surface area contributed by atoms with Crippen molar-refractivity contribution in [3.63, 3.8) is 0 Å². The molecule has 9 heteroatoms. The first-order valence-electron chi connectivity index (χ1n) is 9.86. The Bertz CT molecular complexity index is 1160. The zero-order chi connectivity index (χ0) is 22.3. The van der Waals surface area contributed by atoms with Crippen LogP contribution < -0.4 is 10.1 Å². The highest BCUT2D eigenvalue weighted by atomic mass is 35.5. The zero-order valence-electron chi connectivity index (χ0n) is 17.3. The Kier molecular flexibility index (Phi) is 7.14. The SMILES string of the molecule is COc1ccc(CNC(=O)CSc2nnc(-c3ccc(Cl)cc3)n2Cc2ccco2)cc1. The summed E-state index contributed by atoms with van der Waals surface area (Å²) in [5.74, 6) is 2.35. The number of nitrogens with one attached hydrogen (secondary N) is 1. The number of aromatic nitrogens is 3. The maximum absolute atomic E-state index is 12.4. The van der Waals surface area contributed by atoms with Gasteiger partial charge in [-0.25, -0.2) is 0 Å². The molecule has 0 aliphatic carbocycles. The Morgan fingerprint density at radius 1 is 1.12 bits per heavy atom.